The highest BCUT2D eigenvalue weighted by Crippen LogP contribution is 2.24. The molecular weight excluding hydrogens is 268 g/mol. The summed E-state index contributed by atoms with van der Waals surface area (Å²) in [6.45, 7) is 5.00. The van der Waals surface area contributed by atoms with Crippen LogP contribution in [-0.4, -0.2) is 40.8 Å². The zero-order valence-electron chi connectivity index (χ0n) is 11.0. The molecule has 0 aromatic heterocycles. The maximum atomic E-state index is 13.5. The molecule has 2 nitrogen and oxygen atoms in total. The topological polar surface area (TPSA) is 20.3 Å². The first-order valence-corrected chi connectivity index (χ1v) is 7.38. The van der Waals surface area contributed by atoms with E-state index in [0.29, 0.717) is 5.25 Å². The van der Waals surface area contributed by atoms with Crippen molar-refractivity contribution in [3.05, 3.63) is 35.4 Å². The van der Waals surface area contributed by atoms with Crippen LogP contribution in [0.3, 0.4) is 0 Å². The Hall–Kier alpha value is -0.940. The smallest absolute Gasteiger partial charge is 0.182 e. The van der Waals surface area contributed by atoms with Gasteiger partial charge in [0.15, 0.2) is 5.78 Å². The van der Waals surface area contributed by atoms with Gasteiger partial charge in [0.2, 0.25) is 0 Å². The first-order chi connectivity index (χ1) is 9.00. The summed E-state index contributed by atoms with van der Waals surface area (Å²) in [5.74, 6) is -1.10. The van der Waals surface area contributed by atoms with E-state index < -0.39 is 23.0 Å². The second kappa shape index (κ2) is 6.01. The summed E-state index contributed by atoms with van der Waals surface area (Å²) in [5, 5.41) is 0.423. The molecule has 0 radical (unpaired) electrons. The van der Waals surface area contributed by atoms with Gasteiger partial charge in [-0.25, -0.2) is 8.78 Å². The van der Waals surface area contributed by atoms with Crippen LogP contribution >= 0.6 is 11.8 Å². The Balaban J connectivity index is 2.13. The predicted molar refractivity (Wildman–Crippen MR) is 73.6 cm³/mol. The molecule has 1 fully saturated rings. The minimum absolute atomic E-state index is 0.0733. The Morgan fingerprint density at radius 1 is 1.37 bits per heavy atom. The van der Waals surface area contributed by atoms with Crippen molar-refractivity contribution in [2.45, 2.75) is 25.1 Å². The molecule has 2 atom stereocenters. The van der Waals surface area contributed by atoms with Crippen molar-refractivity contribution >= 4 is 17.5 Å². The lowest BCUT2D eigenvalue weighted by Gasteiger charge is -2.36. The Bertz CT molecular complexity index is 460. The van der Waals surface area contributed by atoms with Gasteiger partial charge < -0.3 is 0 Å². The molecule has 5 heteroatoms. The third-order valence-electron chi connectivity index (χ3n) is 3.60. The average Bonchev–Trinajstić information content (AvgIpc) is 2.35. The number of benzene rings is 1. The van der Waals surface area contributed by atoms with Crippen LogP contribution in [0.15, 0.2) is 18.2 Å². The van der Waals surface area contributed by atoms with Crippen molar-refractivity contribution in [1.29, 1.82) is 0 Å². The number of Topliss-reactive ketones (excluding diaryl/α,β-unsaturated/α-hetero) is 1. The summed E-state index contributed by atoms with van der Waals surface area (Å²) in [7, 11) is 0. The molecule has 0 bridgehead atoms. The molecule has 2 unspecified atom stereocenters. The zero-order chi connectivity index (χ0) is 14.0. The lowest BCUT2D eigenvalue weighted by atomic mass is 10.1. The third-order valence-corrected chi connectivity index (χ3v) is 4.94. The van der Waals surface area contributed by atoms with Gasteiger partial charge >= 0.3 is 0 Å². The van der Waals surface area contributed by atoms with Gasteiger partial charge in [0, 0.05) is 23.6 Å². The molecule has 19 heavy (non-hydrogen) atoms. The van der Waals surface area contributed by atoms with E-state index in [9.17, 15) is 13.6 Å². The second-order valence-electron chi connectivity index (χ2n) is 4.81. The minimum atomic E-state index is -0.780. The summed E-state index contributed by atoms with van der Waals surface area (Å²) >= 11 is 1.86. The van der Waals surface area contributed by atoms with E-state index in [1.165, 1.54) is 6.07 Å². The molecule has 1 aliphatic heterocycles. The van der Waals surface area contributed by atoms with Gasteiger partial charge in [0.1, 0.15) is 11.6 Å². The van der Waals surface area contributed by atoms with E-state index >= 15 is 0 Å². The van der Waals surface area contributed by atoms with Gasteiger partial charge in [-0.1, -0.05) is 13.0 Å². The van der Waals surface area contributed by atoms with Gasteiger partial charge in [-0.3, -0.25) is 9.69 Å². The summed E-state index contributed by atoms with van der Waals surface area (Å²) in [5.41, 5.74) is -0.416. The molecule has 2 rings (SSSR count). The lowest BCUT2D eigenvalue weighted by molar-refractivity contribution is 0.0893. The fourth-order valence-electron chi connectivity index (χ4n) is 2.25. The van der Waals surface area contributed by atoms with Crippen molar-refractivity contribution in [3.8, 4) is 0 Å². The Morgan fingerprint density at radius 3 is 2.63 bits per heavy atom. The molecule has 0 aliphatic carbocycles. The third kappa shape index (κ3) is 3.15. The first kappa shape index (κ1) is 14.5. The molecule has 0 N–H and O–H groups in total. The molecule has 1 aliphatic rings. The van der Waals surface area contributed by atoms with Gasteiger partial charge in [-0.15, -0.1) is 0 Å². The number of carbonyl (C=O) groups is 1. The number of hydrogen-bond donors (Lipinski definition) is 0. The van der Waals surface area contributed by atoms with E-state index in [0.717, 1.165) is 24.4 Å². The molecule has 0 spiro atoms. The molecular formula is C14H17F2NOS. The summed E-state index contributed by atoms with van der Waals surface area (Å²) in [4.78, 5) is 14.1. The minimum Gasteiger partial charge on any atom is -0.292 e. The van der Waals surface area contributed by atoms with Crippen LogP contribution in [0.2, 0.25) is 0 Å². The maximum absolute atomic E-state index is 13.5. The summed E-state index contributed by atoms with van der Waals surface area (Å²) in [6, 6.07) is 3.74. The maximum Gasteiger partial charge on any atom is 0.182 e. The van der Waals surface area contributed by atoms with Crippen LogP contribution in [0, 0.1) is 11.6 Å². The molecule has 1 aromatic carbocycles. The number of ketones is 1. The quantitative estimate of drug-likeness (QED) is 0.796. The number of rotatable bonds is 3. The van der Waals surface area contributed by atoms with E-state index in [1.807, 2.05) is 23.6 Å². The zero-order valence-corrected chi connectivity index (χ0v) is 11.8. The van der Waals surface area contributed by atoms with Gasteiger partial charge in [-0.05, 0) is 19.1 Å². The van der Waals surface area contributed by atoms with Crippen LogP contribution in [0.25, 0.3) is 0 Å². The molecule has 104 valence electrons. The highest BCUT2D eigenvalue weighted by molar-refractivity contribution is 8.00. The van der Waals surface area contributed by atoms with Gasteiger partial charge in [-0.2, -0.15) is 11.8 Å². The fraction of sp³-hybridized carbons (Fsp3) is 0.500. The largest absolute Gasteiger partial charge is 0.292 e. The van der Waals surface area contributed by atoms with Crippen LogP contribution < -0.4 is 0 Å². The molecule has 0 saturated carbocycles. The molecule has 1 aromatic rings. The van der Waals surface area contributed by atoms with E-state index in [4.69, 9.17) is 0 Å². The molecule has 1 heterocycles. The fourth-order valence-corrected chi connectivity index (χ4v) is 3.41. The highest BCUT2D eigenvalue weighted by Gasteiger charge is 2.28. The van der Waals surface area contributed by atoms with Crippen LogP contribution in [-0.2, 0) is 0 Å². The monoisotopic (exact) mass is 285 g/mol. The van der Waals surface area contributed by atoms with E-state index in [1.54, 1.807) is 0 Å². The average molecular weight is 285 g/mol. The van der Waals surface area contributed by atoms with Crippen molar-refractivity contribution in [3.63, 3.8) is 0 Å². The lowest BCUT2D eigenvalue weighted by Crippen LogP contribution is -2.47. The van der Waals surface area contributed by atoms with Crippen LogP contribution in [0.5, 0.6) is 0 Å². The van der Waals surface area contributed by atoms with Gasteiger partial charge in [0.25, 0.3) is 0 Å². The Kier molecular flexibility index (Phi) is 4.58. The first-order valence-electron chi connectivity index (χ1n) is 6.33. The number of thioether (sulfide) groups is 1. The van der Waals surface area contributed by atoms with Crippen LogP contribution in [0.4, 0.5) is 8.78 Å². The molecule has 1 saturated heterocycles. The van der Waals surface area contributed by atoms with Crippen molar-refractivity contribution in [1.82, 2.24) is 4.90 Å². The van der Waals surface area contributed by atoms with E-state index in [-0.39, 0.29) is 12.6 Å². The number of hydrogen-bond acceptors (Lipinski definition) is 3. The Morgan fingerprint density at radius 2 is 2.00 bits per heavy atom. The van der Waals surface area contributed by atoms with E-state index in [2.05, 4.69) is 6.92 Å². The number of halogens is 2. The van der Waals surface area contributed by atoms with Crippen LogP contribution in [0.1, 0.15) is 24.2 Å². The Labute approximate surface area is 116 Å². The summed E-state index contributed by atoms with van der Waals surface area (Å²) in [6.07, 6.45) is 0. The van der Waals surface area contributed by atoms with Crippen molar-refractivity contribution in [2.24, 2.45) is 0 Å². The SMILES string of the molecule is CC1SCCN(CC(=O)c2c(F)cccc2F)C1C. The number of carbonyl (C=O) groups excluding carboxylic acids is 1. The second-order valence-corrected chi connectivity index (χ2v) is 6.29. The van der Waals surface area contributed by atoms with Crippen molar-refractivity contribution < 1.29 is 13.6 Å². The highest BCUT2D eigenvalue weighted by atomic mass is 32.2. The number of nitrogens with zero attached hydrogens (tertiary/aromatic N) is 1. The standard InChI is InChI=1S/C14H17F2NOS/c1-9-10(2)19-7-6-17(9)8-13(18)14-11(15)4-3-5-12(14)16/h3-5,9-10H,6-8H2,1-2H3. The normalized spacial score (nSPS) is 24.4. The predicted octanol–water partition coefficient (Wildman–Crippen LogP) is 2.97. The summed E-state index contributed by atoms with van der Waals surface area (Å²) < 4.78 is 27.1. The molecule has 0 amide bonds. The van der Waals surface area contributed by atoms with Crippen molar-refractivity contribution in [2.75, 3.05) is 18.8 Å². The van der Waals surface area contributed by atoms with Gasteiger partial charge in [0.05, 0.1) is 12.1 Å².